The lowest BCUT2D eigenvalue weighted by Gasteiger charge is -2.16. The molecule has 100 valence electrons. The normalized spacial score (nSPS) is 15.3. The van der Waals surface area contributed by atoms with E-state index in [4.69, 9.17) is 0 Å². The summed E-state index contributed by atoms with van der Waals surface area (Å²) in [7, 11) is 2.18. The first kappa shape index (κ1) is 13.5. The van der Waals surface area contributed by atoms with E-state index in [1.165, 1.54) is 37.9 Å². The van der Waals surface area contributed by atoms with Gasteiger partial charge in [0, 0.05) is 18.3 Å². The molecule has 1 fully saturated rings. The Balaban J connectivity index is 1.57. The van der Waals surface area contributed by atoms with E-state index >= 15 is 0 Å². The Hall–Kier alpha value is -0.930. The van der Waals surface area contributed by atoms with Crippen molar-refractivity contribution < 1.29 is 0 Å². The molecule has 3 nitrogen and oxygen atoms in total. The molecule has 1 aliphatic rings. The minimum Gasteiger partial charge on any atom is -0.314 e. The van der Waals surface area contributed by atoms with E-state index in [9.17, 15) is 0 Å². The van der Waals surface area contributed by atoms with Crippen molar-refractivity contribution in [1.82, 2.24) is 15.2 Å². The summed E-state index contributed by atoms with van der Waals surface area (Å²) < 4.78 is 0. The monoisotopic (exact) mass is 247 g/mol. The van der Waals surface area contributed by atoms with E-state index in [1.807, 2.05) is 13.0 Å². The van der Waals surface area contributed by atoms with Crippen molar-refractivity contribution >= 4 is 0 Å². The van der Waals surface area contributed by atoms with Crippen molar-refractivity contribution in [2.45, 2.75) is 45.2 Å². The van der Waals surface area contributed by atoms with Crippen LogP contribution in [0.1, 0.15) is 37.1 Å². The van der Waals surface area contributed by atoms with Crippen LogP contribution in [0.25, 0.3) is 0 Å². The third-order valence-corrected chi connectivity index (χ3v) is 3.35. The summed E-state index contributed by atoms with van der Waals surface area (Å²) in [6, 6.07) is 7.09. The molecule has 3 heteroatoms. The first-order valence-electron chi connectivity index (χ1n) is 7.08. The zero-order valence-corrected chi connectivity index (χ0v) is 11.7. The number of hydrogen-bond donors (Lipinski definition) is 1. The van der Waals surface area contributed by atoms with Gasteiger partial charge in [0.15, 0.2) is 0 Å². The largest absolute Gasteiger partial charge is 0.314 e. The van der Waals surface area contributed by atoms with Crippen molar-refractivity contribution in [3.05, 3.63) is 29.6 Å². The molecule has 0 spiro atoms. The number of unbranched alkanes of at least 4 members (excludes halogenated alkanes) is 1. The Morgan fingerprint density at radius 1 is 1.33 bits per heavy atom. The average molecular weight is 247 g/mol. The lowest BCUT2D eigenvalue weighted by molar-refractivity contribution is 0.314. The first-order valence-corrected chi connectivity index (χ1v) is 7.08. The summed E-state index contributed by atoms with van der Waals surface area (Å²) in [6.07, 6.45) is 5.32. The number of nitrogens with zero attached hydrogens (tertiary/aromatic N) is 2. The van der Waals surface area contributed by atoms with Crippen LogP contribution in [0.2, 0.25) is 0 Å². The fraction of sp³-hybridized carbons (Fsp3) is 0.667. The molecular weight excluding hydrogens is 222 g/mol. The Bertz CT molecular complexity index is 361. The quantitative estimate of drug-likeness (QED) is 0.715. The molecule has 0 atom stereocenters. The van der Waals surface area contributed by atoms with E-state index in [0.29, 0.717) is 0 Å². The Morgan fingerprint density at radius 2 is 2.17 bits per heavy atom. The summed E-state index contributed by atoms with van der Waals surface area (Å²) in [6.45, 7) is 5.34. The maximum absolute atomic E-state index is 4.54. The molecule has 1 aliphatic carbocycles. The second kappa shape index (κ2) is 6.86. The minimum atomic E-state index is 0.847. The molecule has 0 amide bonds. The molecule has 1 heterocycles. The zero-order chi connectivity index (χ0) is 12.8. The molecule has 0 saturated heterocycles. The van der Waals surface area contributed by atoms with Gasteiger partial charge in [0.05, 0.1) is 5.69 Å². The molecule has 0 unspecified atom stereocenters. The maximum atomic E-state index is 4.54. The zero-order valence-electron chi connectivity index (χ0n) is 11.7. The van der Waals surface area contributed by atoms with E-state index in [2.05, 4.69) is 34.4 Å². The molecule has 1 aromatic heterocycles. The van der Waals surface area contributed by atoms with Crippen LogP contribution in [0.15, 0.2) is 18.2 Å². The van der Waals surface area contributed by atoms with Crippen molar-refractivity contribution in [2.24, 2.45) is 0 Å². The van der Waals surface area contributed by atoms with Gasteiger partial charge in [0.1, 0.15) is 0 Å². The smallest absolute Gasteiger partial charge is 0.0547 e. The van der Waals surface area contributed by atoms with Gasteiger partial charge in [-0.1, -0.05) is 6.07 Å². The summed E-state index contributed by atoms with van der Waals surface area (Å²) >= 11 is 0. The lowest BCUT2D eigenvalue weighted by Crippen LogP contribution is -2.22. The fourth-order valence-corrected chi connectivity index (χ4v) is 2.14. The molecule has 1 aromatic rings. The molecule has 18 heavy (non-hydrogen) atoms. The first-order chi connectivity index (χ1) is 8.74. The van der Waals surface area contributed by atoms with Crippen molar-refractivity contribution in [3.8, 4) is 0 Å². The average Bonchev–Trinajstić information content (AvgIpc) is 3.12. The summed E-state index contributed by atoms with van der Waals surface area (Å²) in [5, 5.41) is 3.56. The molecular formula is C15H25N3. The van der Waals surface area contributed by atoms with Crippen LogP contribution in [0, 0.1) is 6.92 Å². The molecule has 0 bridgehead atoms. The number of rotatable bonds is 8. The summed E-state index contributed by atoms with van der Waals surface area (Å²) in [4.78, 5) is 6.90. The highest BCUT2D eigenvalue weighted by atomic mass is 15.1. The van der Waals surface area contributed by atoms with Gasteiger partial charge in [-0.3, -0.25) is 4.98 Å². The van der Waals surface area contributed by atoms with Gasteiger partial charge in [-0.15, -0.1) is 0 Å². The van der Waals surface area contributed by atoms with Crippen molar-refractivity contribution in [2.75, 3.05) is 20.1 Å². The second-order valence-corrected chi connectivity index (χ2v) is 5.44. The highest BCUT2D eigenvalue weighted by molar-refractivity contribution is 5.09. The predicted molar refractivity (Wildman–Crippen MR) is 75.6 cm³/mol. The maximum Gasteiger partial charge on any atom is 0.0547 e. The van der Waals surface area contributed by atoms with Gasteiger partial charge in [0.25, 0.3) is 0 Å². The Morgan fingerprint density at radius 3 is 2.89 bits per heavy atom. The van der Waals surface area contributed by atoms with Crippen molar-refractivity contribution in [3.63, 3.8) is 0 Å². The number of aromatic nitrogens is 1. The van der Waals surface area contributed by atoms with Gasteiger partial charge in [-0.05, 0) is 64.9 Å². The molecule has 0 radical (unpaired) electrons. The SMILES string of the molecule is Cc1cccc(CN(C)CCCCNC2CC2)n1. The summed E-state index contributed by atoms with van der Waals surface area (Å²) in [5.41, 5.74) is 2.28. The highest BCUT2D eigenvalue weighted by Gasteiger charge is 2.19. The topological polar surface area (TPSA) is 28.2 Å². The number of pyridine rings is 1. The molecule has 0 aliphatic heterocycles. The third-order valence-electron chi connectivity index (χ3n) is 3.35. The molecule has 1 N–H and O–H groups in total. The van der Waals surface area contributed by atoms with Gasteiger partial charge in [-0.2, -0.15) is 0 Å². The standard InChI is InChI=1S/C15H25N3/c1-13-6-5-7-15(17-13)12-18(2)11-4-3-10-16-14-8-9-14/h5-7,14,16H,3-4,8-12H2,1-2H3. The van der Waals surface area contributed by atoms with Crippen LogP contribution < -0.4 is 5.32 Å². The van der Waals surface area contributed by atoms with E-state index in [1.54, 1.807) is 0 Å². The number of aryl methyl sites for hydroxylation is 1. The van der Waals surface area contributed by atoms with E-state index in [-0.39, 0.29) is 0 Å². The number of hydrogen-bond acceptors (Lipinski definition) is 3. The molecule has 2 rings (SSSR count). The lowest BCUT2D eigenvalue weighted by atomic mass is 10.2. The van der Waals surface area contributed by atoms with Gasteiger partial charge in [-0.25, -0.2) is 0 Å². The van der Waals surface area contributed by atoms with E-state index in [0.717, 1.165) is 24.8 Å². The second-order valence-electron chi connectivity index (χ2n) is 5.44. The third kappa shape index (κ3) is 5.15. The molecule has 1 saturated carbocycles. The molecule has 0 aromatic carbocycles. The minimum absolute atomic E-state index is 0.847. The fourth-order valence-electron chi connectivity index (χ4n) is 2.14. The van der Waals surface area contributed by atoms with Gasteiger partial charge < -0.3 is 10.2 Å². The predicted octanol–water partition coefficient (Wildman–Crippen LogP) is 2.35. The van der Waals surface area contributed by atoms with Crippen LogP contribution in [0.4, 0.5) is 0 Å². The summed E-state index contributed by atoms with van der Waals surface area (Å²) in [5.74, 6) is 0. The highest BCUT2D eigenvalue weighted by Crippen LogP contribution is 2.18. The van der Waals surface area contributed by atoms with Crippen molar-refractivity contribution in [1.29, 1.82) is 0 Å². The number of nitrogens with one attached hydrogen (secondary N) is 1. The van der Waals surface area contributed by atoms with E-state index < -0.39 is 0 Å². The van der Waals surface area contributed by atoms with Gasteiger partial charge >= 0.3 is 0 Å². The Kier molecular flexibility index (Phi) is 5.14. The Labute approximate surface area is 111 Å². The van der Waals surface area contributed by atoms with Crippen LogP contribution in [-0.4, -0.2) is 36.1 Å². The van der Waals surface area contributed by atoms with Crippen LogP contribution in [0.5, 0.6) is 0 Å². The van der Waals surface area contributed by atoms with Crippen LogP contribution in [0.3, 0.4) is 0 Å². The van der Waals surface area contributed by atoms with Crippen LogP contribution >= 0.6 is 0 Å². The van der Waals surface area contributed by atoms with Gasteiger partial charge in [0.2, 0.25) is 0 Å². The van der Waals surface area contributed by atoms with Crippen LogP contribution in [-0.2, 0) is 6.54 Å².